The van der Waals surface area contributed by atoms with Crippen LogP contribution in [0.2, 0.25) is 0 Å². The SMILES string of the molecule is CNC(c1cnn(-c2ccccc2)c1)c1nccn1C. The highest BCUT2D eigenvalue weighted by atomic mass is 15.3. The van der Waals surface area contributed by atoms with Gasteiger partial charge in [-0.25, -0.2) is 9.67 Å². The van der Waals surface area contributed by atoms with Gasteiger partial charge in [-0.1, -0.05) is 18.2 Å². The zero-order valence-electron chi connectivity index (χ0n) is 11.6. The first kappa shape index (κ1) is 12.6. The van der Waals surface area contributed by atoms with Gasteiger partial charge in [-0.05, 0) is 19.2 Å². The van der Waals surface area contributed by atoms with E-state index in [0.717, 1.165) is 17.1 Å². The van der Waals surface area contributed by atoms with Gasteiger partial charge in [-0.2, -0.15) is 5.10 Å². The monoisotopic (exact) mass is 267 g/mol. The first-order chi connectivity index (χ1) is 9.79. The predicted molar refractivity (Wildman–Crippen MR) is 77.7 cm³/mol. The molecule has 0 aliphatic carbocycles. The van der Waals surface area contributed by atoms with Crippen LogP contribution in [-0.2, 0) is 7.05 Å². The Morgan fingerprint density at radius 3 is 2.65 bits per heavy atom. The lowest BCUT2D eigenvalue weighted by Gasteiger charge is -2.14. The van der Waals surface area contributed by atoms with Crippen molar-refractivity contribution in [1.29, 1.82) is 0 Å². The summed E-state index contributed by atoms with van der Waals surface area (Å²) < 4.78 is 3.89. The number of hydrogen-bond acceptors (Lipinski definition) is 3. The van der Waals surface area contributed by atoms with E-state index in [1.54, 1.807) is 6.20 Å². The summed E-state index contributed by atoms with van der Waals surface area (Å²) in [5, 5.41) is 7.72. The summed E-state index contributed by atoms with van der Waals surface area (Å²) >= 11 is 0. The normalized spacial score (nSPS) is 12.5. The van der Waals surface area contributed by atoms with Crippen LogP contribution in [0.25, 0.3) is 5.69 Å². The molecular formula is C15H17N5. The maximum atomic E-state index is 4.43. The Morgan fingerprint density at radius 2 is 2.00 bits per heavy atom. The van der Waals surface area contributed by atoms with E-state index in [1.165, 1.54) is 0 Å². The van der Waals surface area contributed by atoms with Crippen molar-refractivity contribution in [2.24, 2.45) is 7.05 Å². The topological polar surface area (TPSA) is 47.7 Å². The number of para-hydroxylation sites is 1. The summed E-state index contributed by atoms with van der Waals surface area (Å²) in [7, 11) is 3.92. The van der Waals surface area contributed by atoms with Gasteiger partial charge in [0.2, 0.25) is 0 Å². The van der Waals surface area contributed by atoms with Gasteiger partial charge in [0.1, 0.15) is 5.82 Å². The van der Waals surface area contributed by atoms with E-state index < -0.39 is 0 Å². The van der Waals surface area contributed by atoms with Crippen LogP contribution in [0.15, 0.2) is 55.1 Å². The van der Waals surface area contributed by atoms with Crippen molar-refractivity contribution in [3.63, 3.8) is 0 Å². The average molecular weight is 267 g/mol. The van der Waals surface area contributed by atoms with Crippen molar-refractivity contribution < 1.29 is 0 Å². The Morgan fingerprint density at radius 1 is 1.20 bits per heavy atom. The quantitative estimate of drug-likeness (QED) is 0.785. The summed E-state index contributed by atoms with van der Waals surface area (Å²) in [6.07, 6.45) is 7.66. The molecule has 0 radical (unpaired) electrons. The Hall–Kier alpha value is -2.40. The Kier molecular flexibility index (Phi) is 3.35. The standard InChI is InChI=1S/C15H17N5/c1-16-14(15-17-8-9-19(15)2)12-10-18-20(11-12)13-6-4-3-5-7-13/h3-11,14,16H,1-2H3. The molecule has 2 heterocycles. The van der Waals surface area contributed by atoms with Gasteiger partial charge in [0.25, 0.3) is 0 Å². The van der Waals surface area contributed by atoms with Gasteiger partial charge in [-0.15, -0.1) is 0 Å². The highest BCUT2D eigenvalue weighted by Crippen LogP contribution is 2.20. The molecule has 3 aromatic rings. The third-order valence-electron chi connectivity index (χ3n) is 3.36. The van der Waals surface area contributed by atoms with Crippen molar-refractivity contribution in [2.45, 2.75) is 6.04 Å². The molecule has 0 saturated carbocycles. The Balaban J connectivity index is 1.95. The van der Waals surface area contributed by atoms with E-state index in [0.29, 0.717) is 0 Å². The number of imidazole rings is 1. The second-order valence-corrected chi connectivity index (χ2v) is 4.67. The Labute approximate surface area is 117 Å². The summed E-state index contributed by atoms with van der Waals surface area (Å²) in [5.74, 6) is 0.972. The molecule has 0 bridgehead atoms. The van der Waals surface area contributed by atoms with Crippen LogP contribution in [0, 0.1) is 0 Å². The van der Waals surface area contributed by atoms with Crippen LogP contribution in [0.1, 0.15) is 17.4 Å². The second-order valence-electron chi connectivity index (χ2n) is 4.67. The highest BCUT2D eigenvalue weighted by Gasteiger charge is 2.18. The number of nitrogens with one attached hydrogen (secondary N) is 1. The zero-order valence-corrected chi connectivity index (χ0v) is 11.6. The maximum absolute atomic E-state index is 4.43. The molecular weight excluding hydrogens is 250 g/mol. The average Bonchev–Trinajstić information content (AvgIpc) is 3.12. The van der Waals surface area contributed by atoms with E-state index >= 15 is 0 Å². The van der Waals surface area contributed by atoms with E-state index in [9.17, 15) is 0 Å². The van der Waals surface area contributed by atoms with Crippen molar-refractivity contribution in [3.05, 3.63) is 66.5 Å². The van der Waals surface area contributed by atoms with Gasteiger partial charge >= 0.3 is 0 Å². The van der Waals surface area contributed by atoms with Gasteiger partial charge in [0.15, 0.2) is 0 Å². The van der Waals surface area contributed by atoms with Crippen LogP contribution in [0.5, 0.6) is 0 Å². The van der Waals surface area contributed by atoms with Crippen LogP contribution in [0.3, 0.4) is 0 Å². The van der Waals surface area contributed by atoms with Gasteiger partial charge in [0, 0.05) is 31.2 Å². The fourth-order valence-electron chi connectivity index (χ4n) is 2.31. The van der Waals surface area contributed by atoms with Crippen molar-refractivity contribution in [3.8, 4) is 5.69 Å². The number of benzene rings is 1. The molecule has 1 aromatic carbocycles. The highest BCUT2D eigenvalue weighted by molar-refractivity contribution is 5.32. The number of hydrogen-bond donors (Lipinski definition) is 1. The molecule has 5 heteroatoms. The lowest BCUT2D eigenvalue weighted by molar-refractivity contribution is 0.617. The third-order valence-corrected chi connectivity index (χ3v) is 3.36. The molecule has 5 nitrogen and oxygen atoms in total. The second kappa shape index (κ2) is 5.30. The number of aromatic nitrogens is 4. The third kappa shape index (κ3) is 2.23. The lowest BCUT2D eigenvalue weighted by Crippen LogP contribution is -2.20. The minimum Gasteiger partial charge on any atom is -0.336 e. The van der Waals surface area contributed by atoms with Crippen molar-refractivity contribution in [1.82, 2.24) is 24.6 Å². The van der Waals surface area contributed by atoms with Gasteiger partial charge < -0.3 is 9.88 Å². The van der Waals surface area contributed by atoms with Crippen LogP contribution in [-0.4, -0.2) is 26.4 Å². The molecule has 0 saturated heterocycles. The molecule has 1 N–H and O–H groups in total. The smallest absolute Gasteiger partial charge is 0.130 e. The van der Waals surface area contributed by atoms with Crippen molar-refractivity contribution in [2.75, 3.05) is 7.05 Å². The number of aryl methyl sites for hydroxylation is 1. The van der Waals surface area contributed by atoms with E-state index in [4.69, 9.17) is 0 Å². The molecule has 102 valence electrons. The molecule has 0 amide bonds. The summed E-state index contributed by atoms with van der Waals surface area (Å²) in [5.41, 5.74) is 2.14. The molecule has 2 aromatic heterocycles. The predicted octanol–water partition coefficient (Wildman–Crippen LogP) is 1.91. The summed E-state index contributed by atoms with van der Waals surface area (Å²) in [6, 6.07) is 10.1. The molecule has 0 fully saturated rings. The Bertz CT molecular complexity index is 683. The van der Waals surface area contributed by atoms with Crippen LogP contribution >= 0.6 is 0 Å². The summed E-state index contributed by atoms with van der Waals surface area (Å²) in [4.78, 5) is 4.41. The maximum Gasteiger partial charge on any atom is 0.130 e. The van der Waals surface area contributed by atoms with E-state index in [2.05, 4.69) is 15.4 Å². The van der Waals surface area contributed by atoms with Crippen molar-refractivity contribution >= 4 is 0 Å². The molecule has 1 atom stereocenters. The minimum absolute atomic E-state index is 0.0347. The molecule has 0 spiro atoms. The fourth-order valence-corrected chi connectivity index (χ4v) is 2.31. The van der Waals surface area contributed by atoms with E-state index in [1.807, 2.05) is 72.3 Å². The van der Waals surface area contributed by atoms with Gasteiger partial charge in [0.05, 0.1) is 17.9 Å². The molecule has 0 aliphatic rings. The first-order valence-electron chi connectivity index (χ1n) is 6.54. The fraction of sp³-hybridized carbons (Fsp3) is 0.200. The lowest BCUT2D eigenvalue weighted by atomic mass is 10.1. The number of rotatable bonds is 4. The first-order valence-corrected chi connectivity index (χ1v) is 6.54. The summed E-state index contributed by atoms with van der Waals surface area (Å²) in [6.45, 7) is 0. The molecule has 20 heavy (non-hydrogen) atoms. The molecule has 1 unspecified atom stereocenters. The molecule has 3 rings (SSSR count). The van der Waals surface area contributed by atoms with E-state index in [-0.39, 0.29) is 6.04 Å². The zero-order chi connectivity index (χ0) is 13.9. The molecule has 0 aliphatic heterocycles. The minimum atomic E-state index is 0.0347. The number of nitrogens with zero attached hydrogens (tertiary/aromatic N) is 4. The largest absolute Gasteiger partial charge is 0.336 e. The van der Waals surface area contributed by atoms with Gasteiger partial charge in [-0.3, -0.25) is 0 Å². The van der Waals surface area contributed by atoms with Crippen LogP contribution < -0.4 is 5.32 Å². The van der Waals surface area contributed by atoms with Crippen LogP contribution in [0.4, 0.5) is 0 Å².